The van der Waals surface area contributed by atoms with Gasteiger partial charge in [-0.3, -0.25) is 14.3 Å². The van der Waals surface area contributed by atoms with Crippen LogP contribution in [0.15, 0.2) is 59.2 Å². The lowest BCUT2D eigenvalue weighted by Gasteiger charge is -2.07. The molecule has 3 aromatic rings. The number of carbonyl (C=O) groups excluding carboxylic acids is 2. The fraction of sp³-hybridized carbons (Fsp3) is 0.111. The van der Waals surface area contributed by atoms with Crippen molar-refractivity contribution in [2.45, 2.75) is 6.54 Å². The summed E-state index contributed by atoms with van der Waals surface area (Å²) in [5.41, 5.74) is 1.16. The predicted octanol–water partition coefficient (Wildman–Crippen LogP) is 2.89. The summed E-state index contributed by atoms with van der Waals surface area (Å²) in [6.45, 7) is 0.226. The smallest absolute Gasteiger partial charge is 0.291 e. The molecule has 28 heavy (non-hydrogen) atoms. The topological polar surface area (TPSA) is 118 Å². The van der Waals surface area contributed by atoms with Gasteiger partial charge in [-0.25, -0.2) is 8.42 Å². The molecule has 1 aromatic carbocycles. The Hall–Kier alpha value is -3.11. The fourth-order valence-electron chi connectivity index (χ4n) is 2.34. The van der Waals surface area contributed by atoms with E-state index in [2.05, 4.69) is 15.4 Å². The number of rotatable bonds is 7. The minimum Gasteiger partial charge on any atom is -0.459 e. The molecule has 0 unspecified atom stereocenters. The predicted molar refractivity (Wildman–Crippen MR) is 107 cm³/mol. The van der Waals surface area contributed by atoms with E-state index in [0.717, 1.165) is 23.2 Å². The number of sulfonamides is 1. The molecule has 0 fully saturated rings. The van der Waals surface area contributed by atoms with Crippen molar-refractivity contribution in [3.8, 4) is 0 Å². The largest absolute Gasteiger partial charge is 0.459 e. The molecule has 0 bridgehead atoms. The number of carbonyl (C=O) groups is 2. The minimum absolute atomic E-state index is 0.182. The minimum atomic E-state index is -3.37. The van der Waals surface area contributed by atoms with E-state index in [9.17, 15) is 18.0 Å². The van der Waals surface area contributed by atoms with Crippen LogP contribution in [0.25, 0.3) is 0 Å². The Bertz CT molecular complexity index is 1090. The molecule has 2 aromatic heterocycles. The first-order valence-corrected chi connectivity index (χ1v) is 10.8. The van der Waals surface area contributed by atoms with Crippen molar-refractivity contribution in [2.75, 3.05) is 16.3 Å². The van der Waals surface area contributed by atoms with Gasteiger partial charge in [-0.15, -0.1) is 11.3 Å². The SMILES string of the molecule is CS(=O)(=O)Nc1cccc(CNC(=O)c2ccc(NC(=O)c3ccco3)s2)c1. The lowest BCUT2D eigenvalue weighted by atomic mass is 10.2. The Balaban J connectivity index is 1.58. The zero-order valence-electron chi connectivity index (χ0n) is 14.8. The third kappa shape index (κ3) is 5.44. The summed E-state index contributed by atoms with van der Waals surface area (Å²) in [6, 6.07) is 13.1. The van der Waals surface area contributed by atoms with Crippen molar-refractivity contribution in [3.05, 3.63) is 71.0 Å². The molecule has 0 spiro atoms. The van der Waals surface area contributed by atoms with Crippen LogP contribution in [0.2, 0.25) is 0 Å². The van der Waals surface area contributed by atoms with Crippen LogP contribution < -0.4 is 15.4 Å². The molecule has 2 heterocycles. The van der Waals surface area contributed by atoms with Crippen LogP contribution in [0, 0.1) is 0 Å². The van der Waals surface area contributed by atoms with Gasteiger partial charge < -0.3 is 15.1 Å². The molecule has 2 amide bonds. The summed E-state index contributed by atoms with van der Waals surface area (Å²) >= 11 is 1.14. The highest BCUT2D eigenvalue weighted by molar-refractivity contribution is 7.92. The Kier molecular flexibility index (Phi) is 5.81. The van der Waals surface area contributed by atoms with Crippen LogP contribution in [-0.2, 0) is 16.6 Å². The van der Waals surface area contributed by atoms with E-state index in [0.29, 0.717) is 15.6 Å². The van der Waals surface area contributed by atoms with Gasteiger partial charge >= 0.3 is 0 Å². The van der Waals surface area contributed by atoms with E-state index in [1.54, 1.807) is 48.5 Å². The third-order valence-corrected chi connectivity index (χ3v) is 5.10. The summed E-state index contributed by atoms with van der Waals surface area (Å²) in [4.78, 5) is 24.7. The highest BCUT2D eigenvalue weighted by atomic mass is 32.2. The van der Waals surface area contributed by atoms with Crippen molar-refractivity contribution in [1.29, 1.82) is 0 Å². The third-order valence-electron chi connectivity index (χ3n) is 3.49. The quantitative estimate of drug-likeness (QED) is 0.544. The van der Waals surface area contributed by atoms with Gasteiger partial charge in [0.05, 0.1) is 22.4 Å². The Morgan fingerprint density at radius 1 is 1.07 bits per heavy atom. The molecule has 146 valence electrons. The van der Waals surface area contributed by atoms with Crippen LogP contribution >= 0.6 is 11.3 Å². The van der Waals surface area contributed by atoms with Crippen LogP contribution in [0.3, 0.4) is 0 Å². The molecular formula is C18H17N3O5S2. The number of anilines is 2. The van der Waals surface area contributed by atoms with E-state index >= 15 is 0 Å². The molecule has 0 saturated heterocycles. The van der Waals surface area contributed by atoms with Crippen molar-refractivity contribution >= 4 is 43.9 Å². The fourth-order valence-corrected chi connectivity index (χ4v) is 3.71. The second-order valence-electron chi connectivity index (χ2n) is 5.85. The number of hydrogen-bond donors (Lipinski definition) is 3. The molecule has 0 aliphatic rings. The number of hydrogen-bond acceptors (Lipinski definition) is 6. The Morgan fingerprint density at radius 2 is 1.89 bits per heavy atom. The average molecular weight is 419 g/mol. The van der Waals surface area contributed by atoms with E-state index in [4.69, 9.17) is 4.42 Å². The van der Waals surface area contributed by atoms with Crippen molar-refractivity contribution in [2.24, 2.45) is 0 Å². The van der Waals surface area contributed by atoms with Crippen LogP contribution in [0.5, 0.6) is 0 Å². The van der Waals surface area contributed by atoms with Gasteiger partial charge in [0, 0.05) is 12.2 Å². The van der Waals surface area contributed by atoms with E-state index in [1.807, 2.05) is 0 Å². The number of furan rings is 1. The van der Waals surface area contributed by atoms with Gasteiger partial charge in [-0.05, 0) is 42.0 Å². The van der Waals surface area contributed by atoms with Crippen molar-refractivity contribution < 1.29 is 22.4 Å². The number of nitrogens with one attached hydrogen (secondary N) is 3. The molecule has 0 aliphatic heterocycles. The second kappa shape index (κ2) is 8.28. The summed E-state index contributed by atoms with van der Waals surface area (Å²) in [5, 5.41) is 5.95. The summed E-state index contributed by atoms with van der Waals surface area (Å²) in [5.74, 6) is -0.513. The second-order valence-corrected chi connectivity index (χ2v) is 8.68. The number of thiophene rings is 1. The van der Waals surface area contributed by atoms with Crippen LogP contribution in [0.4, 0.5) is 10.7 Å². The van der Waals surface area contributed by atoms with Crippen molar-refractivity contribution in [3.63, 3.8) is 0 Å². The zero-order valence-corrected chi connectivity index (χ0v) is 16.4. The van der Waals surface area contributed by atoms with Crippen molar-refractivity contribution in [1.82, 2.24) is 5.32 Å². The van der Waals surface area contributed by atoms with Gasteiger partial charge in [0.2, 0.25) is 10.0 Å². The molecule has 0 atom stereocenters. The van der Waals surface area contributed by atoms with Crippen LogP contribution in [0.1, 0.15) is 25.8 Å². The molecule has 3 rings (SSSR count). The standard InChI is InChI=1S/C18H17N3O5S2/c1-28(24,25)21-13-5-2-4-12(10-13)11-19-18(23)15-7-8-16(27-15)20-17(22)14-6-3-9-26-14/h2-10,21H,11H2,1H3,(H,19,23)(H,20,22). The monoisotopic (exact) mass is 419 g/mol. The Morgan fingerprint density at radius 3 is 2.61 bits per heavy atom. The highest BCUT2D eigenvalue weighted by Gasteiger charge is 2.13. The molecule has 0 radical (unpaired) electrons. The van der Waals surface area contributed by atoms with Gasteiger partial charge in [0.25, 0.3) is 11.8 Å². The molecule has 10 heteroatoms. The maximum absolute atomic E-state index is 12.3. The summed E-state index contributed by atoms with van der Waals surface area (Å²) < 4.78 is 30.0. The van der Waals surface area contributed by atoms with Gasteiger partial charge in [0.15, 0.2) is 5.76 Å². The molecule has 3 N–H and O–H groups in total. The summed E-state index contributed by atoms with van der Waals surface area (Å²) in [6.07, 6.45) is 2.48. The number of amides is 2. The molecule has 8 nitrogen and oxygen atoms in total. The van der Waals surface area contributed by atoms with E-state index in [1.165, 1.54) is 6.26 Å². The maximum Gasteiger partial charge on any atom is 0.291 e. The van der Waals surface area contributed by atoms with E-state index < -0.39 is 15.9 Å². The average Bonchev–Trinajstić information content (AvgIpc) is 3.30. The molecule has 0 saturated carbocycles. The lowest BCUT2D eigenvalue weighted by Crippen LogP contribution is -2.21. The zero-order chi connectivity index (χ0) is 20.1. The van der Waals surface area contributed by atoms with Gasteiger partial charge in [-0.1, -0.05) is 12.1 Å². The Labute approximate surface area is 165 Å². The number of benzene rings is 1. The first kappa shape index (κ1) is 19.6. The van der Waals surface area contributed by atoms with Crippen LogP contribution in [-0.4, -0.2) is 26.5 Å². The van der Waals surface area contributed by atoms with E-state index in [-0.39, 0.29) is 18.2 Å². The highest BCUT2D eigenvalue weighted by Crippen LogP contribution is 2.23. The molecule has 0 aliphatic carbocycles. The van der Waals surface area contributed by atoms with Gasteiger partial charge in [-0.2, -0.15) is 0 Å². The normalized spacial score (nSPS) is 11.0. The maximum atomic E-state index is 12.3. The lowest BCUT2D eigenvalue weighted by molar-refractivity contribution is 0.0953. The van der Waals surface area contributed by atoms with Gasteiger partial charge in [0.1, 0.15) is 0 Å². The molecular weight excluding hydrogens is 402 g/mol. The first-order chi connectivity index (χ1) is 13.3. The first-order valence-electron chi connectivity index (χ1n) is 8.10. The summed E-state index contributed by atoms with van der Waals surface area (Å²) in [7, 11) is -3.37.